The maximum atomic E-state index is 13.8. The second-order valence-corrected chi connectivity index (χ2v) is 6.90. The van der Waals surface area contributed by atoms with Crippen molar-refractivity contribution in [1.82, 2.24) is 15.4 Å². The molecule has 1 fully saturated rings. The Kier molecular flexibility index (Phi) is 4.90. The number of aromatic amines is 1. The number of nitrogens with one attached hydrogen (secondary N) is 2. The summed E-state index contributed by atoms with van der Waals surface area (Å²) in [6.45, 7) is 1.76. The predicted octanol–water partition coefficient (Wildman–Crippen LogP) is 4.17. The van der Waals surface area contributed by atoms with Crippen molar-refractivity contribution in [3.05, 3.63) is 59.7 Å². The van der Waals surface area contributed by atoms with Crippen LogP contribution in [0.1, 0.15) is 24.8 Å². The molecule has 2 N–H and O–H groups in total. The SMILES string of the molecule is O=C(CCc1c(-c2ccc(F)cc2)[nH]c2ccc(F)cc12)NN1CCCC1. The third-order valence-corrected chi connectivity index (χ3v) is 4.99. The predicted molar refractivity (Wildman–Crippen MR) is 101 cm³/mol. The lowest BCUT2D eigenvalue weighted by Crippen LogP contribution is -2.40. The normalized spacial score (nSPS) is 14.7. The smallest absolute Gasteiger partial charge is 0.234 e. The second-order valence-electron chi connectivity index (χ2n) is 6.90. The van der Waals surface area contributed by atoms with E-state index in [2.05, 4.69) is 10.4 Å². The zero-order chi connectivity index (χ0) is 18.8. The Morgan fingerprint density at radius 3 is 2.48 bits per heavy atom. The standard InChI is InChI=1S/C21H21F2N3O/c22-15-5-3-14(4-6-15)21-17(18-13-16(23)7-9-19(18)24-21)8-10-20(27)25-26-11-1-2-12-26/h3-7,9,13,24H,1-2,8,10-12H2,(H,25,27). The fraction of sp³-hybridized carbons (Fsp3) is 0.286. The zero-order valence-corrected chi connectivity index (χ0v) is 14.9. The molecule has 140 valence electrons. The van der Waals surface area contributed by atoms with Gasteiger partial charge in [-0.2, -0.15) is 0 Å². The molecule has 0 aliphatic carbocycles. The molecule has 6 heteroatoms. The number of carbonyl (C=O) groups excluding carboxylic acids is 1. The van der Waals surface area contributed by atoms with Gasteiger partial charge in [0.25, 0.3) is 0 Å². The van der Waals surface area contributed by atoms with Gasteiger partial charge < -0.3 is 4.98 Å². The van der Waals surface area contributed by atoms with Crippen molar-refractivity contribution >= 4 is 16.8 Å². The van der Waals surface area contributed by atoms with E-state index in [-0.39, 0.29) is 17.5 Å². The number of benzene rings is 2. The van der Waals surface area contributed by atoms with E-state index in [1.54, 1.807) is 18.2 Å². The number of nitrogens with zero attached hydrogens (tertiary/aromatic N) is 1. The summed E-state index contributed by atoms with van der Waals surface area (Å²) in [7, 11) is 0. The number of aryl methyl sites for hydroxylation is 1. The van der Waals surface area contributed by atoms with E-state index in [9.17, 15) is 13.6 Å². The first-order chi connectivity index (χ1) is 13.1. The monoisotopic (exact) mass is 369 g/mol. The highest BCUT2D eigenvalue weighted by Crippen LogP contribution is 2.32. The number of halogens is 2. The molecule has 4 rings (SSSR count). The highest BCUT2D eigenvalue weighted by Gasteiger charge is 2.17. The van der Waals surface area contributed by atoms with E-state index < -0.39 is 0 Å². The molecule has 1 aliphatic rings. The van der Waals surface area contributed by atoms with E-state index in [0.717, 1.165) is 53.7 Å². The first-order valence-corrected chi connectivity index (χ1v) is 9.20. The van der Waals surface area contributed by atoms with Crippen LogP contribution in [0.15, 0.2) is 42.5 Å². The molecule has 2 aromatic carbocycles. The van der Waals surface area contributed by atoms with Crippen molar-refractivity contribution in [3.63, 3.8) is 0 Å². The van der Waals surface area contributed by atoms with E-state index in [1.165, 1.54) is 24.3 Å². The molecular weight excluding hydrogens is 348 g/mol. The first-order valence-electron chi connectivity index (χ1n) is 9.20. The van der Waals surface area contributed by atoms with E-state index in [4.69, 9.17) is 0 Å². The molecule has 2 heterocycles. The summed E-state index contributed by atoms with van der Waals surface area (Å²) in [6.07, 6.45) is 2.96. The second kappa shape index (κ2) is 7.48. The van der Waals surface area contributed by atoms with Crippen molar-refractivity contribution < 1.29 is 13.6 Å². The number of carbonyl (C=O) groups is 1. The van der Waals surface area contributed by atoms with Crippen LogP contribution < -0.4 is 5.43 Å². The third-order valence-electron chi connectivity index (χ3n) is 4.99. The number of fused-ring (bicyclic) bond motifs is 1. The largest absolute Gasteiger partial charge is 0.354 e. The molecular formula is C21H21F2N3O. The van der Waals surface area contributed by atoms with Crippen LogP contribution in [0.25, 0.3) is 22.2 Å². The number of rotatable bonds is 5. The number of hydrazine groups is 1. The summed E-state index contributed by atoms with van der Waals surface area (Å²) in [4.78, 5) is 15.6. The van der Waals surface area contributed by atoms with Gasteiger partial charge in [0.15, 0.2) is 0 Å². The molecule has 0 atom stereocenters. The quantitative estimate of drug-likeness (QED) is 0.709. The van der Waals surface area contributed by atoms with Crippen molar-refractivity contribution in [3.8, 4) is 11.3 Å². The lowest BCUT2D eigenvalue weighted by molar-refractivity contribution is -0.125. The fourth-order valence-corrected chi connectivity index (χ4v) is 3.64. The number of H-pyrrole nitrogens is 1. The summed E-state index contributed by atoms with van der Waals surface area (Å²) >= 11 is 0. The lowest BCUT2D eigenvalue weighted by Gasteiger charge is -2.16. The maximum absolute atomic E-state index is 13.8. The van der Waals surface area contributed by atoms with Crippen LogP contribution in [0.5, 0.6) is 0 Å². The Bertz CT molecular complexity index is 959. The zero-order valence-electron chi connectivity index (χ0n) is 14.9. The Hall–Kier alpha value is -2.73. The molecule has 0 radical (unpaired) electrons. The molecule has 1 aliphatic heterocycles. The minimum absolute atomic E-state index is 0.0484. The highest BCUT2D eigenvalue weighted by atomic mass is 19.1. The van der Waals surface area contributed by atoms with Gasteiger partial charge in [0, 0.05) is 36.1 Å². The van der Waals surface area contributed by atoms with Crippen molar-refractivity contribution in [1.29, 1.82) is 0 Å². The molecule has 3 aromatic rings. The van der Waals surface area contributed by atoms with Gasteiger partial charge in [-0.05, 0) is 72.9 Å². The van der Waals surface area contributed by atoms with Crippen molar-refractivity contribution in [2.75, 3.05) is 13.1 Å². The van der Waals surface area contributed by atoms with Crippen LogP contribution in [0, 0.1) is 11.6 Å². The Morgan fingerprint density at radius 2 is 1.74 bits per heavy atom. The minimum atomic E-state index is -0.324. The van der Waals surface area contributed by atoms with Gasteiger partial charge in [-0.1, -0.05) is 0 Å². The van der Waals surface area contributed by atoms with Crippen LogP contribution in [0.4, 0.5) is 8.78 Å². The van der Waals surface area contributed by atoms with Crippen LogP contribution in [0.2, 0.25) is 0 Å². The van der Waals surface area contributed by atoms with E-state index in [0.29, 0.717) is 12.8 Å². The molecule has 27 heavy (non-hydrogen) atoms. The van der Waals surface area contributed by atoms with Gasteiger partial charge in [0.05, 0.1) is 0 Å². The van der Waals surface area contributed by atoms with Gasteiger partial charge in [0.1, 0.15) is 11.6 Å². The molecule has 0 spiro atoms. The lowest BCUT2D eigenvalue weighted by atomic mass is 10.0. The summed E-state index contributed by atoms with van der Waals surface area (Å²) in [5, 5.41) is 2.70. The maximum Gasteiger partial charge on any atom is 0.234 e. The number of aromatic nitrogens is 1. The first kappa shape index (κ1) is 17.7. The molecule has 1 saturated heterocycles. The molecule has 4 nitrogen and oxygen atoms in total. The van der Waals surface area contributed by atoms with Crippen LogP contribution in [-0.4, -0.2) is 29.0 Å². The summed E-state index contributed by atoms with van der Waals surface area (Å²) in [6, 6.07) is 10.7. The van der Waals surface area contributed by atoms with Crippen LogP contribution in [0.3, 0.4) is 0 Å². The highest BCUT2D eigenvalue weighted by molar-refractivity contribution is 5.91. The van der Waals surface area contributed by atoms with Gasteiger partial charge in [-0.15, -0.1) is 0 Å². The number of amides is 1. The Labute approximate surface area is 156 Å². The Balaban J connectivity index is 1.62. The van der Waals surface area contributed by atoms with Gasteiger partial charge >= 0.3 is 0 Å². The third kappa shape index (κ3) is 3.85. The summed E-state index contributed by atoms with van der Waals surface area (Å²) in [5.41, 5.74) is 6.20. The molecule has 0 unspecified atom stereocenters. The average Bonchev–Trinajstić information content (AvgIpc) is 3.28. The molecule has 0 bridgehead atoms. The number of hydrogen-bond acceptors (Lipinski definition) is 2. The minimum Gasteiger partial charge on any atom is -0.354 e. The van der Waals surface area contributed by atoms with E-state index >= 15 is 0 Å². The van der Waals surface area contributed by atoms with Crippen molar-refractivity contribution in [2.24, 2.45) is 0 Å². The van der Waals surface area contributed by atoms with Crippen LogP contribution >= 0.6 is 0 Å². The van der Waals surface area contributed by atoms with Gasteiger partial charge in [-0.3, -0.25) is 10.2 Å². The topological polar surface area (TPSA) is 48.1 Å². The number of hydrogen-bond donors (Lipinski definition) is 2. The molecule has 1 amide bonds. The molecule has 1 aromatic heterocycles. The summed E-state index contributed by atoms with van der Waals surface area (Å²) in [5.74, 6) is -0.685. The van der Waals surface area contributed by atoms with Gasteiger partial charge in [-0.25, -0.2) is 13.8 Å². The fourth-order valence-electron chi connectivity index (χ4n) is 3.64. The molecule has 0 saturated carbocycles. The van der Waals surface area contributed by atoms with Crippen LogP contribution in [-0.2, 0) is 11.2 Å². The van der Waals surface area contributed by atoms with Crippen molar-refractivity contribution in [2.45, 2.75) is 25.7 Å². The van der Waals surface area contributed by atoms with Gasteiger partial charge in [0.2, 0.25) is 5.91 Å². The summed E-state index contributed by atoms with van der Waals surface area (Å²) < 4.78 is 27.1. The average molecular weight is 369 g/mol. The van der Waals surface area contributed by atoms with E-state index in [1.807, 2.05) is 5.01 Å². The Morgan fingerprint density at radius 1 is 1.04 bits per heavy atom.